The Morgan fingerprint density at radius 1 is 1.31 bits per heavy atom. The molecular formula is C10H8FNO. The van der Waals surface area contributed by atoms with Crippen LogP contribution in [-0.2, 0) is 0 Å². The van der Waals surface area contributed by atoms with Crippen LogP contribution in [0.15, 0.2) is 24.4 Å². The second kappa shape index (κ2) is 2.69. The normalized spacial score (nSPS) is 10.6. The molecular weight excluding hydrogens is 169 g/mol. The van der Waals surface area contributed by atoms with Gasteiger partial charge in [0.2, 0.25) is 0 Å². The van der Waals surface area contributed by atoms with Gasteiger partial charge in [-0.3, -0.25) is 4.98 Å². The lowest BCUT2D eigenvalue weighted by Crippen LogP contribution is -1.87. The molecule has 0 bridgehead atoms. The molecule has 66 valence electrons. The second-order valence-corrected chi connectivity index (χ2v) is 2.89. The van der Waals surface area contributed by atoms with Crippen LogP contribution in [0.2, 0.25) is 0 Å². The maximum absolute atomic E-state index is 13.3. The monoisotopic (exact) mass is 177 g/mol. The summed E-state index contributed by atoms with van der Waals surface area (Å²) >= 11 is 0. The summed E-state index contributed by atoms with van der Waals surface area (Å²) in [6.45, 7) is 1.71. The summed E-state index contributed by atoms with van der Waals surface area (Å²) in [4.78, 5) is 3.96. The van der Waals surface area contributed by atoms with Crippen LogP contribution < -0.4 is 0 Å². The number of aromatic nitrogens is 1. The molecule has 0 amide bonds. The Morgan fingerprint density at radius 2 is 2.08 bits per heavy atom. The molecule has 2 aromatic rings. The maximum Gasteiger partial charge on any atom is 0.133 e. The van der Waals surface area contributed by atoms with E-state index in [0.717, 1.165) is 0 Å². The summed E-state index contributed by atoms with van der Waals surface area (Å²) in [5.74, 6) is -0.264. The van der Waals surface area contributed by atoms with E-state index in [1.165, 1.54) is 12.1 Å². The number of hydrogen-bond donors (Lipinski definition) is 1. The number of aryl methyl sites for hydroxylation is 1. The van der Waals surface area contributed by atoms with Gasteiger partial charge in [0.1, 0.15) is 11.6 Å². The summed E-state index contributed by atoms with van der Waals surface area (Å²) in [5.41, 5.74) is 0.589. The Kier molecular flexibility index (Phi) is 1.65. The van der Waals surface area contributed by atoms with Gasteiger partial charge in [0, 0.05) is 22.7 Å². The third-order valence-electron chi connectivity index (χ3n) is 2.04. The van der Waals surface area contributed by atoms with E-state index in [1.807, 2.05) is 0 Å². The molecule has 0 saturated carbocycles. The number of fused-ring (bicyclic) bond motifs is 1. The van der Waals surface area contributed by atoms with Crippen molar-refractivity contribution in [1.82, 2.24) is 4.98 Å². The van der Waals surface area contributed by atoms with E-state index in [-0.39, 0.29) is 11.6 Å². The molecule has 0 unspecified atom stereocenters. The number of phenols is 1. The van der Waals surface area contributed by atoms with E-state index in [2.05, 4.69) is 4.98 Å². The average molecular weight is 177 g/mol. The summed E-state index contributed by atoms with van der Waals surface area (Å²) in [7, 11) is 0. The largest absolute Gasteiger partial charge is 0.507 e. The minimum absolute atomic E-state index is 0.0851. The molecule has 3 heteroatoms. The van der Waals surface area contributed by atoms with Crippen molar-refractivity contribution in [1.29, 1.82) is 0 Å². The molecule has 0 radical (unpaired) electrons. The predicted octanol–water partition coefficient (Wildman–Crippen LogP) is 2.39. The topological polar surface area (TPSA) is 33.1 Å². The number of benzene rings is 1. The molecule has 0 aliphatic carbocycles. The SMILES string of the molecule is Cc1nccc2c(O)ccc(F)c12. The lowest BCUT2D eigenvalue weighted by atomic mass is 10.1. The first-order valence-corrected chi connectivity index (χ1v) is 3.93. The molecule has 2 rings (SSSR count). The molecule has 1 N–H and O–H groups in total. The Balaban J connectivity index is 3.00. The van der Waals surface area contributed by atoms with Gasteiger partial charge < -0.3 is 5.11 Å². The lowest BCUT2D eigenvalue weighted by molar-refractivity contribution is 0.480. The fourth-order valence-electron chi connectivity index (χ4n) is 1.41. The van der Waals surface area contributed by atoms with Crippen molar-refractivity contribution in [3.63, 3.8) is 0 Å². The molecule has 0 aliphatic rings. The van der Waals surface area contributed by atoms with Gasteiger partial charge in [-0.25, -0.2) is 4.39 Å². The van der Waals surface area contributed by atoms with Gasteiger partial charge in [-0.1, -0.05) is 0 Å². The van der Waals surface area contributed by atoms with Crippen molar-refractivity contribution in [3.8, 4) is 5.75 Å². The van der Waals surface area contributed by atoms with Crippen molar-refractivity contribution in [2.75, 3.05) is 0 Å². The molecule has 1 aromatic carbocycles. The van der Waals surface area contributed by atoms with Crippen LogP contribution in [0.3, 0.4) is 0 Å². The highest BCUT2D eigenvalue weighted by Gasteiger charge is 2.07. The maximum atomic E-state index is 13.3. The first-order chi connectivity index (χ1) is 6.20. The molecule has 1 heterocycles. The number of halogens is 1. The van der Waals surface area contributed by atoms with E-state index in [1.54, 1.807) is 19.2 Å². The third kappa shape index (κ3) is 1.13. The average Bonchev–Trinajstić information content (AvgIpc) is 2.12. The van der Waals surface area contributed by atoms with Gasteiger partial charge in [-0.2, -0.15) is 0 Å². The Labute approximate surface area is 74.7 Å². The van der Waals surface area contributed by atoms with Gasteiger partial charge in [-0.05, 0) is 25.1 Å². The van der Waals surface area contributed by atoms with Crippen LogP contribution in [0.4, 0.5) is 4.39 Å². The molecule has 13 heavy (non-hydrogen) atoms. The van der Waals surface area contributed by atoms with Crippen molar-refractivity contribution in [3.05, 3.63) is 35.9 Å². The number of aromatic hydroxyl groups is 1. The smallest absolute Gasteiger partial charge is 0.133 e. The van der Waals surface area contributed by atoms with E-state index >= 15 is 0 Å². The molecule has 0 aliphatic heterocycles. The predicted molar refractivity (Wildman–Crippen MR) is 48.1 cm³/mol. The quantitative estimate of drug-likeness (QED) is 0.670. The van der Waals surface area contributed by atoms with Gasteiger partial charge in [0.05, 0.1) is 0 Å². The summed E-state index contributed by atoms with van der Waals surface area (Å²) in [6, 6.07) is 4.18. The number of rotatable bonds is 0. The van der Waals surface area contributed by atoms with Crippen LogP contribution in [0.1, 0.15) is 5.69 Å². The van der Waals surface area contributed by atoms with Crippen LogP contribution in [0.25, 0.3) is 10.8 Å². The third-order valence-corrected chi connectivity index (χ3v) is 2.04. The number of phenolic OH excluding ortho intramolecular Hbond substituents is 1. The highest BCUT2D eigenvalue weighted by atomic mass is 19.1. The zero-order valence-electron chi connectivity index (χ0n) is 7.08. The van der Waals surface area contributed by atoms with Crippen LogP contribution in [0, 0.1) is 12.7 Å². The number of pyridine rings is 1. The van der Waals surface area contributed by atoms with Gasteiger partial charge in [0.15, 0.2) is 0 Å². The fourth-order valence-corrected chi connectivity index (χ4v) is 1.41. The van der Waals surface area contributed by atoms with E-state index in [0.29, 0.717) is 16.5 Å². The Hall–Kier alpha value is -1.64. The number of hydrogen-bond acceptors (Lipinski definition) is 2. The molecule has 0 spiro atoms. The van der Waals surface area contributed by atoms with Crippen molar-refractivity contribution in [2.45, 2.75) is 6.92 Å². The highest BCUT2D eigenvalue weighted by molar-refractivity contribution is 5.89. The molecule has 0 saturated heterocycles. The minimum atomic E-state index is -0.349. The summed E-state index contributed by atoms with van der Waals surface area (Å²) in [6.07, 6.45) is 1.55. The zero-order valence-corrected chi connectivity index (χ0v) is 7.08. The van der Waals surface area contributed by atoms with E-state index < -0.39 is 0 Å². The van der Waals surface area contributed by atoms with Crippen molar-refractivity contribution >= 4 is 10.8 Å². The zero-order chi connectivity index (χ0) is 9.42. The van der Waals surface area contributed by atoms with Crippen molar-refractivity contribution in [2.24, 2.45) is 0 Å². The van der Waals surface area contributed by atoms with Gasteiger partial charge in [0.25, 0.3) is 0 Å². The molecule has 1 aromatic heterocycles. The Morgan fingerprint density at radius 3 is 2.77 bits per heavy atom. The van der Waals surface area contributed by atoms with Crippen LogP contribution in [0.5, 0.6) is 5.75 Å². The summed E-state index contributed by atoms with van der Waals surface area (Å²) < 4.78 is 13.3. The lowest BCUT2D eigenvalue weighted by Gasteiger charge is -2.03. The Bertz CT molecular complexity index is 459. The first-order valence-electron chi connectivity index (χ1n) is 3.93. The highest BCUT2D eigenvalue weighted by Crippen LogP contribution is 2.27. The van der Waals surface area contributed by atoms with Crippen molar-refractivity contribution < 1.29 is 9.50 Å². The van der Waals surface area contributed by atoms with Gasteiger partial charge >= 0.3 is 0 Å². The van der Waals surface area contributed by atoms with Crippen LogP contribution in [-0.4, -0.2) is 10.1 Å². The van der Waals surface area contributed by atoms with Gasteiger partial charge in [-0.15, -0.1) is 0 Å². The van der Waals surface area contributed by atoms with E-state index in [9.17, 15) is 9.50 Å². The second-order valence-electron chi connectivity index (χ2n) is 2.89. The standard InChI is InChI=1S/C10H8FNO/c1-6-10-7(4-5-12-6)9(13)3-2-8(10)11/h2-5,13H,1H3. The van der Waals surface area contributed by atoms with E-state index in [4.69, 9.17) is 0 Å². The molecule has 0 atom stereocenters. The number of nitrogens with zero attached hydrogens (tertiary/aromatic N) is 1. The van der Waals surface area contributed by atoms with Crippen LogP contribution >= 0.6 is 0 Å². The minimum Gasteiger partial charge on any atom is -0.507 e. The fraction of sp³-hybridized carbons (Fsp3) is 0.100. The molecule has 2 nitrogen and oxygen atoms in total. The first kappa shape index (κ1) is 7.98. The summed E-state index contributed by atoms with van der Waals surface area (Å²) in [5, 5.41) is 10.3. The molecule has 0 fully saturated rings.